The van der Waals surface area contributed by atoms with Gasteiger partial charge in [-0.25, -0.2) is 0 Å². The van der Waals surface area contributed by atoms with E-state index in [1.807, 2.05) is 0 Å². The molecule has 0 radical (unpaired) electrons. The van der Waals surface area contributed by atoms with Crippen LogP contribution in [0.2, 0.25) is 0 Å². The van der Waals surface area contributed by atoms with E-state index in [0.717, 1.165) is 0 Å². The fourth-order valence-corrected chi connectivity index (χ4v) is 2.51. The van der Waals surface area contributed by atoms with Gasteiger partial charge in [-0.3, -0.25) is 9.59 Å². The summed E-state index contributed by atoms with van der Waals surface area (Å²) in [4.78, 5) is 24.3. The Hall–Kier alpha value is -2.50. The molecule has 7 nitrogen and oxygen atoms in total. The number of hydrogen-bond acceptors (Lipinski definition) is 5. The van der Waals surface area contributed by atoms with E-state index in [1.165, 1.54) is 12.1 Å². The molecule has 0 bridgehead atoms. The van der Waals surface area contributed by atoms with Crippen LogP contribution in [0.3, 0.4) is 0 Å². The minimum atomic E-state index is -3.85. The molecular formula is C18H21ClN2O5S. The van der Waals surface area contributed by atoms with Crippen molar-refractivity contribution in [2.24, 2.45) is 0 Å². The van der Waals surface area contributed by atoms with Crippen LogP contribution in [-0.2, 0) is 26.1 Å². The van der Waals surface area contributed by atoms with Gasteiger partial charge in [0.2, 0.25) is 11.8 Å². The number of carbonyl (C=O) groups is 2. The maximum absolute atomic E-state index is 12.3. The molecule has 27 heavy (non-hydrogen) atoms. The lowest BCUT2D eigenvalue weighted by Crippen LogP contribution is -2.50. The Morgan fingerprint density at radius 3 is 2.48 bits per heavy atom. The first kappa shape index (κ1) is 22.5. The topological polar surface area (TPSA) is 102 Å². The van der Waals surface area contributed by atoms with Crippen LogP contribution >= 0.6 is 11.6 Å². The highest BCUT2D eigenvalue weighted by Gasteiger charge is 2.24. The van der Waals surface area contributed by atoms with Gasteiger partial charge in [-0.2, -0.15) is 8.42 Å². The highest BCUT2D eigenvalue weighted by molar-refractivity contribution is 7.90. The lowest BCUT2D eigenvalue weighted by molar-refractivity contribution is -0.128. The van der Waals surface area contributed by atoms with Crippen LogP contribution in [0.1, 0.15) is 18.9 Å². The van der Waals surface area contributed by atoms with Crippen LogP contribution in [0.25, 0.3) is 0 Å². The summed E-state index contributed by atoms with van der Waals surface area (Å²) in [6.45, 7) is 4.93. The molecule has 9 heteroatoms. The molecule has 0 aliphatic heterocycles. The number of terminal acetylenes is 1. The van der Waals surface area contributed by atoms with Gasteiger partial charge in [0.25, 0.3) is 0 Å². The fourth-order valence-electron chi connectivity index (χ4n) is 2.00. The third kappa shape index (κ3) is 7.72. The molecule has 0 aliphatic carbocycles. The van der Waals surface area contributed by atoms with Gasteiger partial charge >= 0.3 is 10.1 Å². The monoisotopic (exact) mass is 412 g/mol. The molecule has 1 aromatic carbocycles. The third-order valence-electron chi connectivity index (χ3n) is 3.42. The van der Waals surface area contributed by atoms with Crippen molar-refractivity contribution >= 4 is 33.5 Å². The second-order valence-corrected chi connectivity index (χ2v) is 7.46. The van der Waals surface area contributed by atoms with Crippen molar-refractivity contribution in [3.05, 3.63) is 41.8 Å². The van der Waals surface area contributed by atoms with E-state index < -0.39 is 33.4 Å². The maximum atomic E-state index is 12.3. The number of benzene rings is 1. The van der Waals surface area contributed by atoms with E-state index in [1.54, 1.807) is 19.1 Å². The quantitative estimate of drug-likeness (QED) is 0.343. The van der Waals surface area contributed by atoms with E-state index in [-0.39, 0.29) is 18.7 Å². The second kappa shape index (κ2) is 10.6. The highest BCUT2D eigenvalue weighted by Crippen LogP contribution is 2.16. The lowest BCUT2D eigenvalue weighted by Gasteiger charge is -2.19. The predicted octanol–water partition coefficient (Wildman–Crippen LogP) is 1.33. The molecule has 0 aromatic heterocycles. The van der Waals surface area contributed by atoms with Crippen LogP contribution in [0, 0.1) is 12.3 Å². The SMILES string of the molecule is C#CCNC(=O)[C@H](Cc1ccc(OS(=O)(=O)C=C)cc1)NC(=O)C(Cl)CC. The summed E-state index contributed by atoms with van der Waals surface area (Å²) in [5.41, 5.74) is 0.669. The van der Waals surface area contributed by atoms with Crippen molar-refractivity contribution in [3.8, 4) is 18.1 Å². The number of amides is 2. The van der Waals surface area contributed by atoms with Crippen molar-refractivity contribution in [1.29, 1.82) is 0 Å². The van der Waals surface area contributed by atoms with Gasteiger partial charge in [-0.05, 0) is 24.1 Å². The molecule has 146 valence electrons. The molecule has 0 saturated heterocycles. The summed E-state index contributed by atoms with van der Waals surface area (Å²) < 4.78 is 27.5. The largest absolute Gasteiger partial charge is 0.379 e. The predicted molar refractivity (Wildman–Crippen MR) is 104 cm³/mol. The smallest absolute Gasteiger partial charge is 0.331 e. The van der Waals surface area contributed by atoms with Crippen molar-refractivity contribution < 1.29 is 22.2 Å². The Morgan fingerprint density at radius 2 is 1.96 bits per heavy atom. The van der Waals surface area contributed by atoms with Crippen molar-refractivity contribution in [2.45, 2.75) is 31.2 Å². The van der Waals surface area contributed by atoms with E-state index in [9.17, 15) is 18.0 Å². The molecule has 2 N–H and O–H groups in total. The zero-order valence-electron chi connectivity index (χ0n) is 14.8. The van der Waals surface area contributed by atoms with Crippen molar-refractivity contribution in [3.63, 3.8) is 0 Å². The van der Waals surface area contributed by atoms with Gasteiger partial charge in [-0.15, -0.1) is 18.0 Å². The highest BCUT2D eigenvalue weighted by atomic mass is 35.5. The first-order chi connectivity index (χ1) is 12.7. The molecule has 0 spiro atoms. The number of carbonyl (C=O) groups excluding carboxylic acids is 2. The minimum absolute atomic E-state index is 0.0233. The van der Waals surface area contributed by atoms with Gasteiger partial charge in [-0.1, -0.05) is 31.6 Å². The Kier molecular flexibility index (Phi) is 8.85. The maximum Gasteiger partial charge on any atom is 0.331 e. The lowest BCUT2D eigenvalue weighted by atomic mass is 10.0. The normalized spacial score (nSPS) is 12.9. The molecule has 1 rings (SSSR count). The number of nitrogens with one attached hydrogen (secondary N) is 2. The van der Waals surface area contributed by atoms with Gasteiger partial charge in [0.1, 0.15) is 17.2 Å². The molecule has 1 unspecified atom stereocenters. The zero-order chi connectivity index (χ0) is 20.4. The van der Waals surface area contributed by atoms with Crippen molar-refractivity contribution in [2.75, 3.05) is 6.54 Å². The number of hydrogen-bond donors (Lipinski definition) is 2. The summed E-state index contributed by atoms with van der Waals surface area (Å²) >= 11 is 5.91. The van der Waals surface area contributed by atoms with Gasteiger partial charge in [0.15, 0.2) is 0 Å². The molecule has 0 fully saturated rings. The molecule has 0 aliphatic rings. The number of alkyl halides is 1. The second-order valence-electron chi connectivity index (χ2n) is 5.45. The van der Waals surface area contributed by atoms with Gasteiger partial charge < -0.3 is 14.8 Å². The van der Waals surface area contributed by atoms with E-state index in [4.69, 9.17) is 22.2 Å². The molecule has 2 atom stereocenters. The average molecular weight is 413 g/mol. The summed E-state index contributed by atoms with van der Waals surface area (Å²) in [5, 5.41) is 5.05. The molecule has 2 amide bonds. The Labute approximate surface area is 164 Å². The summed E-state index contributed by atoms with van der Waals surface area (Å²) in [6.07, 6.45) is 5.71. The fraction of sp³-hybridized carbons (Fsp3) is 0.333. The standard InChI is InChI=1S/C18H21ClN2O5S/c1-4-11-20-18(23)16(21-17(22)15(19)5-2)12-13-7-9-14(10-8-13)26-27(24,25)6-3/h1,6-10,15-16H,3,5,11-12H2,2H3,(H,20,23)(H,21,22)/t15?,16-/m0/s1. The number of halogens is 1. The molecule has 0 saturated carbocycles. The van der Waals surface area contributed by atoms with Crippen molar-refractivity contribution in [1.82, 2.24) is 10.6 Å². The first-order valence-electron chi connectivity index (χ1n) is 8.03. The van der Waals surface area contributed by atoms with E-state index in [2.05, 4.69) is 23.1 Å². The third-order valence-corrected chi connectivity index (χ3v) is 4.76. The summed E-state index contributed by atoms with van der Waals surface area (Å²) in [7, 11) is -3.85. The van der Waals surface area contributed by atoms with Crippen LogP contribution in [0.5, 0.6) is 5.75 Å². The minimum Gasteiger partial charge on any atom is -0.379 e. The molecular weight excluding hydrogens is 392 g/mol. The Morgan fingerprint density at radius 1 is 1.33 bits per heavy atom. The molecule has 0 heterocycles. The van der Waals surface area contributed by atoms with Crippen LogP contribution in [-0.4, -0.2) is 38.2 Å². The summed E-state index contributed by atoms with van der Waals surface area (Å²) in [6, 6.07) is 5.15. The van der Waals surface area contributed by atoms with Gasteiger partial charge in [0.05, 0.1) is 12.0 Å². The van der Waals surface area contributed by atoms with Crippen LogP contribution < -0.4 is 14.8 Å². The number of rotatable bonds is 10. The summed E-state index contributed by atoms with van der Waals surface area (Å²) in [5.74, 6) is 1.48. The zero-order valence-corrected chi connectivity index (χ0v) is 16.3. The van der Waals surface area contributed by atoms with E-state index >= 15 is 0 Å². The van der Waals surface area contributed by atoms with E-state index in [0.29, 0.717) is 17.4 Å². The Bertz CT molecular complexity index is 815. The average Bonchev–Trinajstić information content (AvgIpc) is 2.65. The Balaban J connectivity index is 2.90. The molecule has 1 aromatic rings. The first-order valence-corrected chi connectivity index (χ1v) is 9.94. The van der Waals surface area contributed by atoms with Gasteiger partial charge in [0, 0.05) is 6.42 Å². The van der Waals surface area contributed by atoms with Crippen LogP contribution in [0.4, 0.5) is 0 Å². The van der Waals surface area contributed by atoms with Crippen LogP contribution in [0.15, 0.2) is 36.3 Å².